The van der Waals surface area contributed by atoms with Gasteiger partial charge in [0.05, 0.1) is 23.8 Å². The number of likely N-dealkylation sites (tertiary alicyclic amines) is 1. The molecular weight excluding hydrogens is 334 g/mol. The number of amides is 1. The van der Waals surface area contributed by atoms with Crippen molar-refractivity contribution in [2.24, 2.45) is 0 Å². The number of hydrogen-bond acceptors (Lipinski definition) is 6. The monoisotopic (exact) mass is 357 g/mol. The van der Waals surface area contributed by atoms with Crippen LogP contribution in [0, 0.1) is 0 Å². The molecule has 1 amide bonds. The molecule has 0 radical (unpaired) electrons. The van der Waals surface area contributed by atoms with Gasteiger partial charge in [0.15, 0.2) is 0 Å². The zero-order valence-corrected chi connectivity index (χ0v) is 14.6. The molecule has 0 saturated carbocycles. The topological polar surface area (TPSA) is 93.4 Å². The Morgan fingerprint density at radius 2 is 2.04 bits per heavy atom. The van der Waals surface area contributed by atoms with Crippen LogP contribution in [0.25, 0.3) is 5.69 Å². The number of ether oxygens (including phenoxy) is 1. The fourth-order valence-electron chi connectivity index (χ4n) is 3.86. The third kappa shape index (κ3) is 3.34. The highest BCUT2D eigenvalue weighted by molar-refractivity contribution is 5.79. The second-order valence-electron chi connectivity index (χ2n) is 7.05. The predicted octanol–water partition coefficient (Wildman–Crippen LogP) is 0.737. The average Bonchev–Trinajstić information content (AvgIpc) is 3.20. The zero-order chi connectivity index (χ0) is 18.0. The van der Waals surface area contributed by atoms with Gasteiger partial charge in [0.25, 0.3) is 0 Å². The van der Waals surface area contributed by atoms with Gasteiger partial charge in [0.1, 0.15) is 6.33 Å². The molecule has 2 aliphatic heterocycles. The van der Waals surface area contributed by atoms with Gasteiger partial charge in [-0.15, -0.1) is 5.10 Å². The van der Waals surface area contributed by atoms with Crippen LogP contribution >= 0.6 is 0 Å². The molecule has 1 spiro atoms. The second-order valence-corrected chi connectivity index (χ2v) is 7.05. The molecule has 0 bridgehead atoms. The summed E-state index contributed by atoms with van der Waals surface area (Å²) in [4.78, 5) is 14.5. The van der Waals surface area contributed by atoms with Gasteiger partial charge in [-0.25, -0.2) is 4.68 Å². The van der Waals surface area contributed by atoms with Crippen molar-refractivity contribution in [3.8, 4) is 5.69 Å². The summed E-state index contributed by atoms with van der Waals surface area (Å²) in [6, 6.07) is 7.65. The number of aromatic nitrogens is 4. The normalized spacial score (nSPS) is 22.5. The lowest BCUT2D eigenvalue weighted by Crippen LogP contribution is -2.56. The molecule has 1 aromatic carbocycles. The lowest BCUT2D eigenvalue weighted by Gasteiger charge is -2.46. The molecule has 8 heteroatoms. The molecule has 1 N–H and O–H groups in total. The molecule has 2 saturated heterocycles. The van der Waals surface area contributed by atoms with Crippen molar-refractivity contribution in [3.05, 3.63) is 36.2 Å². The van der Waals surface area contributed by atoms with Crippen LogP contribution < -0.4 is 0 Å². The Balaban J connectivity index is 1.34. The Morgan fingerprint density at radius 3 is 2.69 bits per heavy atom. The van der Waals surface area contributed by atoms with Crippen LogP contribution in [0.1, 0.15) is 31.2 Å². The molecule has 4 rings (SSSR count). The largest absolute Gasteiger partial charge is 0.390 e. The third-order valence-electron chi connectivity index (χ3n) is 5.49. The third-order valence-corrected chi connectivity index (χ3v) is 5.49. The van der Waals surface area contributed by atoms with Crippen molar-refractivity contribution in [1.82, 2.24) is 25.1 Å². The summed E-state index contributed by atoms with van der Waals surface area (Å²) in [5.41, 5.74) is 1.37. The van der Waals surface area contributed by atoms with E-state index in [-0.39, 0.29) is 5.91 Å². The van der Waals surface area contributed by atoms with Crippen molar-refractivity contribution in [3.63, 3.8) is 0 Å². The van der Waals surface area contributed by atoms with Crippen LogP contribution in [0.5, 0.6) is 0 Å². The Labute approximate surface area is 151 Å². The molecule has 0 aliphatic carbocycles. The molecule has 3 heterocycles. The van der Waals surface area contributed by atoms with Gasteiger partial charge >= 0.3 is 0 Å². The minimum atomic E-state index is -0.442. The number of nitrogens with zero attached hydrogens (tertiary/aromatic N) is 5. The first-order valence-corrected chi connectivity index (χ1v) is 9.08. The summed E-state index contributed by atoms with van der Waals surface area (Å²) in [7, 11) is 0. The van der Waals surface area contributed by atoms with Gasteiger partial charge in [-0.3, -0.25) is 4.79 Å². The van der Waals surface area contributed by atoms with E-state index in [9.17, 15) is 9.90 Å². The summed E-state index contributed by atoms with van der Waals surface area (Å²) >= 11 is 0. The summed E-state index contributed by atoms with van der Waals surface area (Å²) in [6.07, 6.45) is 4.61. The quantitative estimate of drug-likeness (QED) is 0.871. The van der Waals surface area contributed by atoms with Crippen LogP contribution in [0.3, 0.4) is 0 Å². The van der Waals surface area contributed by atoms with Gasteiger partial charge in [-0.1, -0.05) is 12.1 Å². The highest BCUT2D eigenvalue weighted by atomic mass is 16.5. The SMILES string of the molecule is O=C(Cc1ccc(-n2cnnn2)cc1)N1CCC2(CC1)OCCC[C@@H]2O. The van der Waals surface area contributed by atoms with E-state index in [2.05, 4.69) is 15.5 Å². The number of hydrogen-bond donors (Lipinski definition) is 1. The number of aliphatic hydroxyl groups excluding tert-OH is 1. The summed E-state index contributed by atoms with van der Waals surface area (Å²) in [5, 5.41) is 21.4. The molecular formula is C18H23N5O3. The summed E-state index contributed by atoms with van der Waals surface area (Å²) < 4.78 is 7.48. The summed E-state index contributed by atoms with van der Waals surface area (Å²) in [6.45, 7) is 1.98. The fraction of sp³-hybridized carbons (Fsp3) is 0.556. The zero-order valence-electron chi connectivity index (χ0n) is 14.6. The van der Waals surface area contributed by atoms with E-state index in [1.165, 1.54) is 6.33 Å². The number of benzene rings is 1. The van der Waals surface area contributed by atoms with Crippen molar-refractivity contribution in [2.75, 3.05) is 19.7 Å². The van der Waals surface area contributed by atoms with Crippen molar-refractivity contribution in [1.29, 1.82) is 0 Å². The standard InChI is InChI=1S/C18H23N5O3/c24-16-2-1-11-26-18(16)7-9-22(10-8-18)17(25)12-14-3-5-15(6-4-14)23-13-19-20-21-23/h3-6,13,16,24H,1-2,7-12H2/t16-/m0/s1. The number of piperidine rings is 1. The molecule has 1 aromatic heterocycles. The Morgan fingerprint density at radius 1 is 1.27 bits per heavy atom. The minimum Gasteiger partial charge on any atom is -0.390 e. The molecule has 2 aromatic rings. The van der Waals surface area contributed by atoms with Crippen LogP contribution in [0.2, 0.25) is 0 Å². The van der Waals surface area contributed by atoms with Crippen LogP contribution in [-0.4, -0.2) is 67.5 Å². The first kappa shape index (κ1) is 17.1. The van der Waals surface area contributed by atoms with E-state index in [1.807, 2.05) is 29.2 Å². The maximum Gasteiger partial charge on any atom is 0.226 e. The van der Waals surface area contributed by atoms with E-state index in [1.54, 1.807) is 4.68 Å². The first-order chi connectivity index (χ1) is 12.7. The number of carbonyl (C=O) groups is 1. The number of aliphatic hydroxyl groups is 1. The molecule has 2 aliphatic rings. The van der Waals surface area contributed by atoms with Gasteiger partial charge in [0.2, 0.25) is 5.91 Å². The fourth-order valence-corrected chi connectivity index (χ4v) is 3.86. The van der Waals surface area contributed by atoms with E-state index < -0.39 is 11.7 Å². The second kappa shape index (κ2) is 7.13. The van der Waals surface area contributed by atoms with Crippen molar-refractivity contribution in [2.45, 2.75) is 43.8 Å². The minimum absolute atomic E-state index is 0.111. The number of tetrazole rings is 1. The first-order valence-electron chi connectivity index (χ1n) is 9.08. The van der Waals surface area contributed by atoms with Crippen molar-refractivity contribution >= 4 is 5.91 Å². The van der Waals surface area contributed by atoms with Gasteiger partial charge in [0, 0.05) is 19.7 Å². The van der Waals surface area contributed by atoms with E-state index >= 15 is 0 Å². The molecule has 2 fully saturated rings. The Hall–Kier alpha value is -2.32. The van der Waals surface area contributed by atoms with E-state index in [4.69, 9.17) is 4.74 Å². The molecule has 26 heavy (non-hydrogen) atoms. The van der Waals surface area contributed by atoms with Crippen LogP contribution in [0.15, 0.2) is 30.6 Å². The van der Waals surface area contributed by atoms with E-state index in [0.29, 0.717) is 39.0 Å². The number of carbonyl (C=O) groups excluding carboxylic acids is 1. The van der Waals surface area contributed by atoms with Gasteiger partial charge in [-0.2, -0.15) is 0 Å². The van der Waals surface area contributed by atoms with Crippen molar-refractivity contribution < 1.29 is 14.6 Å². The highest BCUT2D eigenvalue weighted by Gasteiger charge is 2.44. The lowest BCUT2D eigenvalue weighted by molar-refractivity contribution is -0.179. The predicted molar refractivity (Wildman–Crippen MR) is 92.6 cm³/mol. The van der Waals surface area contributed by atoms with Gasteiger partial charge in [-0.05, 0) is 53.8 Å². The maximum atomic E-state index is 12.6. The summed E-state index contributed by atoms with van der Waals surface area (Å²) in [5.74, 6) is 0.111. The Bertz CT molecular complexity index is 739. The Kier molecular flexibility index (Phi) is 4.69. The van der Waals surface area contributed by atoms with Crippen LogP contribution in [-0.2, 0) is 16.0 Å². The lowest BCUT2D eigenvalue weighted by atomic mass is 9.82. The maximum absolute atomic E-state index is 12.6. The smallest absolute Gasteiger partial charge is 0.226 e. The average molecular weight is 357 g/mol. The van der Waals surface area contributed by atoms with E-state index in [0.717, 1.165) is 24.1 Å². The molecule has 8 nitrogen and oxygen atoms in total. The highest BCUT2D eigenvalue weighted by Crippen LogP contribution is 2.35. The molecule has 0 unspecified atom stereocenters. The number of rotatable bonds is 3. The van der Waals surface area contributed by atoms with Gasteiger partial charge < -0.3 is 14.7 Å². The molecule has 138 valence electrons. The van der Waals surface area contributed by atoms with Crippen LogP contribution in [0.4, 0.5) is 0 Å². The molecule has 1 atom stereocenters.